The van der Waals surface area contributed by atoms with Gasteiger partial charge in [-0.25, -0.2) is 0 Å². The summed E-state index contributed by atoms with van der Waals surface area (Å²) in [5.41, 5.74) is 4.79. The fraction of sp³-hybridized carbons (Fsp3) is 0.667. The molecule has 0 aromatic heterocycles. The fourth-order valence-electron chi connectivity index (χ4n) is 2.96. The number of anilines is 1. The molecule has 136 valence electrons. The highest BCUT2D eigenvalue weighted by molar-refractivity contribution is 5.44. The molecule has 24 heavy (non-hydrogen) atoms. The van der Waals surface area contributed by atoms with Crippen molar-refractivity contribution in [3.63, 3.8) is 0 Å². The van der Waals surface area contributed by atoms with E-state index in [1.54, 1.807) is 0 Å². The SMILES string of the molecule is CCN(CC)CC[NH+]1CN(c2ccccc2)NC1[N-]CCN(C)C. The number of nitrogens with one attached hydrogen (secondary N) is 2. The summed E-state index contributed by atoms with van der Waals surface area (Å²) in [6.45, 7) is 11.7. The molecule has 6 heteroatoms. The van der Waals surface area contributed by atoms with Crippen molar-refractivity contribution < 1.29 is 4.90 Å². The fourth-order valence-corrected chi connectivity index (χ4v) is 2.96. The second-order valence-corrected chi connectivity index (χ2v) is 6.60. The summed E-state index contributed by atoms with van der Waals surface area (Å²) in [4.78, 5) is 6.16. The Hall–Kier alpha value is -1.18. The third kappa shape index (κ3) is 5.72. The van der Waals surface area contributed by atoms with E-state index in [9.17, 15) is 0 Å². The molecule has 1 saturated heterocycles. The molecule has 0 saturated carbocycles. The third-order valence-corrected chi connectivity index (χ3v) is 4.60. The van der Waals surface area contributed by atoms with Gasteiger partial charge >= 0.3 is 0 Å². The molecule has 2 unspecified atom stereocenters. The summed E-state index contributed by atoms with van der Waals surface area (Å²) >= 11 is 0. The lowest BCUT2D eigenvalue weighted by atomic mass is 10.3. The van der Waals surface area contributed by atoms with Crippen molar-refractivity contribution in [2.45, 2.75) is 20.1 Å². The van der Waals surface area contributed by atoms with Crippen LogP contribution in [-0.2, 0) is 0 Å². The maximum absolute atomic E-state index is 4.90. The van der Waals surface area contributed by atoms with Crippen molar-refractivity contribution >= 4 is 5.69 Å². The molecule has 0 bridgehead atoms. The highest BCUT2D eigenvalue weighted by atomic mass is 15.7. The van der Waals surface area contributed by atoms with Gasteiger partial charge in [-0.1, -0.05) is 32.0 Å². The number of nitrogens with zero attached hydrogens (tertiary/aromatic N) is 4. The van der Waals surface area contributed by atoms with Gasteiger partial charge in [-0.3, -0.25) is 9.91 Å². The number of benzene rings is 1. The number of likely N-dealkylation sites (N-methyl/N-ethyl adjacent to an activating group) is 2. The Balaban J connectivity index is 1.94. The molecule has 1 aromatic rings. The Bertz CT molecular complexity index is 448. The van der Waals surface area contributed by atoms with Crippen LogP contribution >= 0.6 is 0 Å². The molecule has 0 spiro atoms. The number of rotatable bonds is 10. The Morgan fingerprint density at radius 2 is 1.88 bits per heavy atom. The molecule has 2 atom stereocenters. The van der Waals surface area contributed by atoms with Crippen LogP contribution in [0.1, 0.15) is 13.8 Å². The summed E-state index contributed by atoms with van der Waals surface area (Å²) in [6, 6.07) is 10.5. The molecule has 6 nitrogen and oxygen atoms in total. The van der Waals surface area contributed by atoms with E-state index in [4.69, 9.17) is 5.32 Å². The van der Waals surface area contributed by atoms with Crippen LogP contribution in [-0.4, -0.2) is 76.1 Å². The van der Waals surface area contributed by atoms with Gasteiger partial charge in [0, 0.05) is 6.54 Å². The summed E-state index contributed by atoms with van der Waals surface area (Å²) < 4.78 is 0. The van der Waals surface area contributed by atoms with Gasteiger partial charge in [0.05, 0.1) is 18.5 Å². The van der Waals surface area contributed by atoms with E-state index in [0.717, 1.165) is 45.9 Å². The van der Waals surface area contributed by atoms with E-state index in [1.807, 2.05) is 0 Å². The first-order valence-electron chi connectivity index (χ1n) is 9.11. The van der Waals surface area contributed by atoms with Gasteiger partial charge in [0.1, 0.15) is 0 Å². The summed E-state index contributed by atoms with van der Waals surface area (Å²) in [5.74, 6) is 0. The van der Waals surface area contributed by atoms with E-state index in [0.29, 0.717) is 0 Å². The van der Waals surface area contributed by atoms with Gasteiger partial charge in [0.2, 0.25) is 0 Å². The Morgan fingerprint density at radius 3 is 2.50 bits per heavy atom. The van der Waals surface area contributed by atoms with Crippen molar-refractivity contribution in [3.05, 3.63) is 35.6 Å². The highest BCUT2D eigenvalue weighted by Crippen LogP contribution is 2.12. The standard InChI is InChI=1S/C18H33N6/c1-5-22(6-2)14-15-23-16-24(17-10-8-7-9-11-17)20-18(23)19-12-13-21(3)4/h7-11,18,20H,5-6,12-16H2,1-4H3/q-1/p+1. The second kappa shape index (κ2) is 9.96. The highest BCUT2D eigenvalue weighted by Gasteiger charge is 2.28. The predicted octanol–water partition coefficient (Wildman–Crippen LogP) is 0.414. The van der Waals surface area contributed by atoms with Crippen molar-refractivity contribution in [2.75, 3.05) is 65.0 Å². The molecule has 1 aliphatic heterocycles. The van der Waals surface area contributed by atoms with Crippen molar-refractivity contribution in [1.82, 2.24) is 15.2 Å². The van der Waals surface area contributed by atoms with Crippen molar-refractivity contribution in [1.29, 1.82) is 0 Å². The summed E-state index contributed by atoms with van der Waals surface area (Å²) in [7, 11) is 4.19. The van der Waals surface area contributed by atoms with Gasteiger partial charge in [-0.15, -0.1) is 6.54 Å². The molecule has 0 radical (unpaired) electrons. The molecule has 1 aromatic carbocycles. The minimum absolute atomic E-state index is 0.140. The largest absolute Gasteiger partial charge is 0.593 e. The Kier molecular flexibility index (Phi) is 7.94. The zero-order valence-electron chi connectivity index (χ0n) is 15.7. The average Bonchev–Trinajstić information content (AvgIpc) is 2.99. The molecule has 2 rings (SSSR count). The number of hydrazine groups is 1. The first-order chi connectivity index (χ1) is 11.6. The molecule has 1 fully saturated rings. The number of hydrogen-bond acceptors (Lipinski definition) is 4. The van der Waals surface area contributed by atoms with Gasteiger partial charge in [0.15, 0.2) is 6.67 Å². The van der Waals surface area contributed by atoms with Gasteiger partial charge in [-0.2, -0.15) is 5.43 Å². The molecule has 2 N–H and O–H groups in total. The van der Waals surface area contributed by atoms with Crippen LogP contribution in [0.2, 0.25) is 0 Å². The van der Waals surface area contributed by atoms with Gasteiger partial charge < -0.3 is 15.1 Å². The molecular formula is C18H34N6. The quantitative estimate of drug-likeness (QED) is 0.650. The van der Waals surface area contributed by atoms with Crippen LogP contribution in [0.15, 0.2) is 30.3 Å². The van der Waals surface area contributed by atoms with Crippen molar-refractivity contribution in [2.24, 2.45) is 0 Å². The first-order valence-corrected chi connectivity index (χ1v) is 9.11. The Labute approximate surface area is 147 Å². The van der Waals surface area contributed by atoms with E-state index < -0.39 is 0 Å². The second-order valence-electron chi connectivity index (χ2n) is 6.60. The zero-order chi connectivity index (χ0) is 17.4. The first kappa shape index (κ1) is 19.1. The lowest BCUT2D eigenvalue weighted by molar-refractivity contribution is -0.907. The zero-order valence-corrected chi connectivity index (χ0v) is 15.7. The van der Waals surface area contributed by atoms with Crippen LogP contribution < -0.4 is 15.3 Å². The van der Waals surface area contributed by atoms with Gasteiger partial charge in [0.25, 0.3) is 0 Å². The minimum Gasteiger partial charge on any atom is -0.593 e. The van der Waals surface area contributed by atoms with Crippen LogP contribution in [0.25, 0.3) is 5.32 Å². The van der Waals surface area contributed by atoms with E-state index in [1.165, 1.54) is 10.6 Å². The van der Waals surface area contributed by atoms with Crippen LogP contribution in [0, 0.1) is 0 Å². The maximum Gasteiger partial charge on any atom is 0.166 e. The maximum atomic E-state index is 4.90. The van der Waals surface area contributed by atoms with E-state index in [2.05, 4.69) is 78.5 Å². The number of hydrogen-bond donors (Lipinski definition) is 2. The van der Waals surface area contributed by atoms with Crippen LogP contribution in [0.5, 0.6) is 0 Å². The Morgan fingerprint density at radius 1 is 1.17 bits per heavy atom. The summed E-state index contributed by atoms with van der Waals surface area (Å²) in [5, 5.41) is 7.14. The predicted molar refractivity (Wildman–Crippen MR) is 101 cm³/mol. The topological polar surface area (TPSA) is 40.3 Å². The summed E-state index contributed by atoms with van der Waals surface area (Å²) in [6.07, 6.45) is 0.140. The normalized spacial score (nSPS) is 21.2. The molecule has 0 amide bonds. The smallest absolute Gasteiger partial charge is 0.166 e. The molecule has 0 aliphatic carbocycles. The molecule has 1 heterocycles. The molecule has 1 aliphatic rings. The lowest BCUT2D eigenvalue weighted by Gasteiger charge is -2.33. The monoisotopic (exact) mass is 334 g/mol. The van der Waals surface area contributed by atoms with Crippen molar-refractivity contribution in [3.8, 4) is 0 Å². The lowest BCUT2D eigenvalue weighted by Crippen LogP contribution is -3.15. The van der Waals surface area contributed by atoms with E-state index >= 15 is 0 Å². The van der Waals surface area contributed by atoms with Crippen LogP contribution in [0.4, 0.5) is 5.69 Å². The van der Waals surface area contributed by atoms with E-state index in [-0.39, 0.29) is 6.29 Å². The minimum atomic E-state index is 0.140. The number of para-hydroxylation sites is 1. The van der Waals surface area contributed by atoms with Crippen LogP contribution in [0.3, 0.4) is 0 Å². The average molecular weight is 335 g/mol. The number of quaternary nitrogens is 1. The molecular weight excluding hydrogens is 300 g/mol. The third-order valence-electron chi connectivity index (χ3n) is 4.60. The van der Waals surface area contributed by atoms with Gasteiger partial charge in [-0.05, 0) is 45.9 Å².